The lowest BCUT2D eigenvalue weighted by atomic mass is 10.2. The molecule has 0 bridgehead atoms. The Morgan fingerprint density at radius 1 is 1.00 bits per heavy atom. The van der Waals surface area contributed by atoms with Crippen LogP contribution in [0.25, 0.3) is 6.08 Å². The normalized spacial score (nSPS) is 15.0. The minimum atomic E-state index is -0.0814. The Morgan fingerprint density at radius 2 is 1.63 bits per heavy atom. The van der Waals surface area contributed by atoms with Gasteiger partial charge in [-0.05, 0) is 17.7 Å². The Bertz CT molecular complexity index is 818. The van der Waals surface area contributed by atoms with E-state index < -0.39 is 0 Å². The van der Waals surface area contributed by atoms with Gasteiger partial charge >= 0.3 is 0 Å². The summed E-state index contributed by atoms with van der Waals surface area (Å²) in [5, 5.41) is 6.05. The van der Waals surface area contributed by atoms with Crippen LogP contribution in [0.5, 0.6) is 0 Å². The van der Waals surface area contributed by atoms with Crippen molar-refractivity contribution < 1.29 is 4.79 Å². The number of hydrogen-bond donors (Lipinski definition) is 2. The highest BCUT2D eigenvalue weighted by Crippen LogP contribution is 2.06. The van der Waals surface area contributed by atoms with Crippen LogP contribution in [0.15, 0.2) is 71.7 Å². The van der Waals surface area contributed by atoms with Gasteiger partial charge in [-0.2, -0.15) is 0 Å². The molecular formula is C23H30IN5O. The molecule has 0 aromatic heterocycles. The fraction of sp³-hybridized carbons (Fsp3) is 0.304. The second-order valence-electron chi connectivity index (χ2n) is 6.92. The highest BCUT2D eigenvalue weighted by Gasteiger charge is 2.19. The highest BCUT2D eigenvalue weighted by molar-refractivity contribution is 14.0. The molecule has 1 heterocycles. The molecule has 1 amide bonds. The molecule has 1 aliphatic heterocycles. The topological polar surface area (TPSA) is 60.0 Å². The van der Waals surface area contributed by atoms with Crippen LogP contribution in [0.2, 0.25) is 0 Å². The second-order valence-corrected chi connectivity index (χ2v) is 6.92. The molecule has 0 radical (unpaired) electrons. The average molecular weight is 519 g/mol. The summed E-state index contributed by atoms with van der Waals surface area (Å²) in [5.74, 6) is 0.690. The maximum atomic E-state index is 12.1. The maximum absolute atomic E-state index is 12.1. The first-order chi connectivity index (χ1) is 14.2. The number of piperazine rings is 1. The smallest absolute Gasteiger partial charge is 0.243 e. The van der Waals surface area contributed by atoms with Crippen LogP contribution in [-0.2, 0) is 4.79 Å². The Balaban J connectivity index is 0.00000320. The number of nitrogens with zero attached hydrogens (tertiary/aromatic N) is 3. The van der Waals surface area contributed by atoms with E-state index in [1.807, 2.05) is 36.4 Å². The molecule has 2 aromatic rings. The van der Waals surface area contributed by atoms with E-state index in [1.165, 1.54) is 5.56 Å². The Hall–Kier alpha value is -2.39. The average Bonchev–Trinajstić information content (AvgIpc) is 2.76. The zero-order chi connectivity index (χ0) is 20.3. The van der Waals surface area contributed by atoms with E-state index in [0.717, 1.165) is 44.4 Å². The van der Waals surface area contributed by atoms with Crippen molar-refractivity contribution in [2.45, 2.75) is 0 Å². The molecule has 160 valence electrons. The third-order valence-electron chi connectivity index (χ3n) is 4.82. The number of carbonyl (C=O) groups is 1. The van der Waals surface area contributed by atoms with Crippen LogP contribution in [0, 0.1) is 0 Å². The molecule has 1 saturated heterocycles. The van der Waals surface area contributed by atoms with Gasteiger partial charge in [0.1, 0.15) is 0 Å². The number of rotatable bonds is 6. The number of aliphatic imine (C=N–C) groups is 1. The summed E-state index contributed by atoms with van der Waals surface area (Å²) >= 11 is 0. The number of para-hydroxylation sites is 1. The Kier molecular flexibility index (Phi) is 10.4. The number of amides is 1. The van der Waals surface area contributed by atoms with Gasteiger partial charge in [-0.3, -0.25) is 14.7 Å². The van der Waals surface area contributed by atoms with Crippen molar-refractivity contribution >= 4 is 47.6 Å². The molecular weight excluding hydrogens is 489 g/mol. The van der Waals surface area contributed by atoms with E-state index in [2.05, 4.69) is 61.8 Å². The van der Waals surface area contributed by atoms with Crippen molar-refractivity contribution in [3.8, 4) is 0 Å². The van der Waals surface area contributed by atoms with E-state index >= 15 is 0 Å². The molecule has 0 spiro atoms. The molecule has 2 N–H and O–H groups in total. The lowest BCUT2D eigenvalue weighted by Gasteiger charge is -2.36. The number of benzene rings is 2. The van der Waals surface area contributed by atoms with E-state index in [4.69, 9.17) is 0 Å². The standard InChI is InChI=1S/C23H29N5O.HI/c1-24-23(25-19-22(29)26-21-12-6-3-7-13-21)28-17-15-27(16-18-28)14-8-11-20-9-4-2-5-10-20;/h2-13H,14-19H2,1H3,(H,24,25)(H,26,29);1H/b11-8+;. The Labute approximate surface area is 196 Å². The maximum Gasteiger partial charge on any atom is 0.243 e. The largest absolute Gasteiger partial charge is 0.347 e. The number of carbonyl (C=O) groups excluding carboxylic acids is 1. The first-order valence-electron chi connectivity index (χ1n) is 9.99. The van der Waals surface area contributed by atoms with Gasteiger partial charge in [-0.15, -0.1) is 24.0 Å². The van der Waals surface area contributed by atoms with E-state index in [1.54, 1.807) is 7.05 Å². The second kappa shape index (κ2) is 13.0. The number of anilines is 1. The molecule has 1 aliphatic rings. The van der Waals surface area contributed by atoms with Crippen LogP contribution in [0.4, 0.5) is 5.69 Å². The molecule has 6 nitrogen and oxygen atoms in total. The molecule has 30 heavy (non-hydrogen) atoms. The van der Waals surface area contributed by atoms with Gasteiger partial charge in [0.05, 0.1) is 6.54 Å². The molecule has 3 rings (SSSR count). The van der Waals surface area contributed by atoms with Crippen molar-refractivity contribution in [2.75, 3.05) is 51.6 Å². The van der Waals surface area contributed by atoms with Crippen molar-refractivity contribution in [3.63, 3.8) is 0 Å². The predicted octanol–water partition coefficient (Wildman–Crippen LogP) is 3.15. The van der Waals surface area contributed by atoms with E-state index in [9.17, 15) is 4.79 Å². The van der Waals surface area contributed by atoms with Crippen molar-refractivity contribution in [3.05, 3.63) is 72.3 Å². The van der Waals surface area contributed by atoms with Gasteiger partial charge < -0.3 is 15.5 Å². The van der Waals surface area contributed by atoms with Gasteiger partial charge in [0, 0.05) is 45.5 Å². The van der Waals surface area contributed by atoms with E-state index in [-0.39, 0.29) is 36.4 Å². The summed E-state index contributed by atoms with van der Waals surface area (Å²) < 4.78 is 0. The fourth-order valence-electron chi connectivity index (χ4n) is 3.26. The van der Waals surface area contributed by atoms with Crippen molar-refractivity contribution in [1.29, 1.82) is 0 Å². The molecule has 7 heteroatoms. The fourth-order valence-corrected chi connectivity index (χ4v) is 3.26. The zero-order valence-corrected chi connectivity index (χ0v) is 19.7. The summed E-state index contributed by atoms with van der Waals surface area (Å²) in [6, 6.07) is 19.8. The predicted molar refractivity (Wildman–Crippen MR) is 135 cm³/mol. The summed E-state index contributed by atoms with van der Waals surface area (Å²) in [6.45, 7) is 4.85. The van der Waals surface area contributed by atoms with Crippen molar-refractivity contribution in [1.82, 2.24) is 15.1 Å². The molecule has 0 atom stereocenters. The van der Waals surface area contributed by atoms with Gasteiger partial charge in [0.15, 0.2) is 5.96 Å². The summed E-state index contributed by atoms with van der Waals surface area (Å²) in [5.41, 5.74) is 2.02. The molecule has 0 aliphatic carbocycles. The van der Waals surface area contributed by atoms with Crippen LogP contribution in [0.1, 0.15) is 5.56 Å². The van der Waals surface area contributed by atoms with Crippen molar-refractivity contribution in [2.24, 2.45) is 4.99 Å². The van der Waals surface area contributed by atoms with Crippen LogP contribution < -0.4 is 10.6 Å². The molecule has 0 saturated carbocycles. The third-order valence-corrected chi connectivity index (χ3v) is 4.82. The zero-order valence-electron chi connectivity index (χ0n) is 17.3. The SMILES string of the molecule is CN=C(NCC(=O)Nc1ccccc1)N1CCN(C/C=C/c2ccccc2)CC1.I. The van der Waals surface area contributed by atoms with Crippen LogP contribution >= 0.6 is 24.0 Å². The highest BCUT2D eigenvalue weighted by atomic mass is 127. The summed E-state index contributed by atoms with van der Waals surface area (Å²) in [4.78, 5) is 21.1. The van der Waals surface area contributed by atoms with Gasteiger partial charge in [-0.1, -0.05) is 60.7 Å². The first kappa shape index (κ1) is 23.9. The number of guanidine groups is 1. The van der Waals surface area contributed by atoms with Gasteiger partial charge in [-0.25, -0.2) is 0 Å². The number of halogens is 1. The number of nitrogens with one attached hydrogen (secondary N) is 2. The first-order valence-corrected chi connectivity index (χ1v) is 9.99. The van der Waals surface area contributed by atoms with Crippen LogP contribution in [0.3, 0.4) is 0 Å². The molecule has 0 unspecified atom stereocenters. The lowest BCUT2D eigenvalue weighted by molar-refractivity contribution is -0.115. The quantitative estimate of drug-likeness (QED) is 0.350. The molecule has 2 aromatic carbocycles. The van der Waals surface area contributed by atoms with Gasteiger partial charge in [0.25, 0.3) is 0 Å². The summed E-state index contributed by atoms with van der Waals surface area (Å²) in [6.07, 6.45) is 4.38. The van der Waals surface area contributed by atoms with Gasteiger partial charge in [0.2, 0.25) is 5.91 Å². The lowest BCUT2D eigenvalue weighted by Crippen LogP contribution is -2.53. The Morgan fingerprint density at radius 3 is 2.27 bits per heavy atom. The van der Waals surface area contributed by atoms with Crippen LogP contribution in [-0.4, -0.2) is 68.0 Å². The minimum absolute atomic E-state index is 0. The van der Waals surface area contributed by atoms with E-state index in [0.29, 0.717) is 0 Å². The third kappa shape index (κ3) is 7.79. The number of hydrogen-bond acceptors (Lipinski definition) is 3. The summed E-state index contributed by atoms with van der Waals surface area (Å²) in [7, 11) is 1.76. The molecule has 1 fully saturated rings. The monoisotopic (exact) mass is 519 g/mol. The minimum Gasteiger partial charge on any atom is -0.347 e.